The summed E-state index contributed by atoms with van der Waals surface area (Å²) < 4.78 is 20.2. The number of hydrogen-bond donors (Lipinski definition) is 1. The SMILES string of the molecule is C=C(O)CCC=O.CC1=CCC(F)=C(CCc2cccc(OCc3ccc4ccccc4n3)c2)C=C1. The fourth-order valence-corrected chi connectivity index (χ4v) is 3.63. The number of pyridine rings is 1. The first-order chi connectivity index (χ1) is 17.4. The van der Waals surface area contributed by atoms with Gasteiger partial charge in [0.15, 0.2) is 0 Å². The fourth-order valence-electron chi connectivity index (χ4n) is 3.63. The number of aromatic nitrogens is 1. The van der Waals surface area contributed by atoms with E-state index in [0.717, 1.165) is 51.8 Å². The first kappa shape index (κ1) is 26.6. The molecular formula is C31H32FNO3. The summed E-state index contributed by atoms with van der Waals surface area (Å²) in [6.45, 7) is 5.61. The number of fused-ring (bicyclic) bond motifs is 1. The van der Waals surface area contributed by atoms with Crippen molar-refractivity contribution in [2.45, 2.75) is 45.6 Å². The van der Waals surface area contributed by atoms with Crippen LogP contribution < -0.4 is 4.74 Å². The lowest BCUT2D eigenvalue weighted by Crippen LogP contribution is -1.99. The van der Waals surface area contributed by atoms with Crippen LogP contribution in [0.1, 0.15) is 43.9 Å². The summed E-state index contributed by atoms with van der Waals surface area (Å²) >= 11 is 0. The maximum atomic E-state index is 14.2. The van der Waals surface area contributed by atoms with Crippen molar-refractivity contribution in [1.29, 1.82) is 0 Å². The minimum Gasteiger partial charge on any atom is -0.513 e. The Balaban J connectivity index is 0.000000454. The molecule has 4 rings (SSSR count). The molecule has 0 amide bonds. The summed E-state index contributed by atoms with van der Waals surface area (Å²) in [6, 6.07) is 20.1. The van der Waals surface area contributed by atoms with Crippen molar-refractivity contribution in [2.75, 3.05) is 0 Å². The predicted molar refractivity (Wildman–Crippen MR) is 144 cm³/mol. The van der Waals surface area contributed by atoms with Gasteiger partial charge in [-0.15, -0.1) is 0 Å². The number of aldehydes is 1. The van der Waals surface area contributed by atoms with E-state index in [-0.39, 0.29) is 11.6 Å². The highest BCUT2D eigenvalue weighted by Crippen LogP contribution is 2.24. The third-order valence-electron chi connectivity index (χ3n) is 5.67. The quantitative estimate of drug-likeness (QED) is 0.247. The van der Waals surface area contributed by atoms with Crippen molar-refractivity contribution in [3.63, 3.8) is 0 Å². The number of aryl methyl sites for hydroxylation is 1. The van der Waals surface area contributed by atoms with Crippen molar-refractivity contribution in [1.82, 2.24) is 4.98 Å². The molecule has 4 nitrogen and oxygen atoms in total. The Bertz CT molecular complexity index is 1290. The number of ether oxygens (including phenoxy) is 1. The number of halogens is 1. The average molecular weight is 486 g/mol. The molecule has 1 aliphatic rings. The molecule has 0 saturated carbocycles. The molecule has 2 aromatic carbocycles. The Hall–Kier alpha value is -3.99. The highest BCUT2D eigenvalue weighted by molar-refractivity contribution is 5.78. The van der Waals surface area contributed by atoms with Crippen molar-refractivity contribution in [3.8, 4) is 5.75 Å². The molecule has 1 N–H and O–H groups in total. The van der Waals surface area contributed by atoms with E-state index in [1.165, 1.54) is 0 Å². The van der Waals surface area contributed by atoms with Gasteiger partial charge in [0.25, 0.3) is 0 Å². The van der Waals surface area contributed by atoms with Crippen LogP contribution in [0.25, 0.3) is 10.9 Å². The molecule has 3 aromatic rings. The number of carbonyl (C=O) groups is 1. The fraction of sp³-hybridized carbons (Fsp3) is 0.226. The Morgan fingerprint density at radius 1 is 1.11 bits per heavy atom. The van der Waals surface area contributed by atoms with Gasteiger partial charge in [-0.05, 0) is 55.2 Å². The minimum absolute atomic E-state index is 0.0344. The van der Waals surface area contributed by atoms with Gasteiger partial charge in [0.2, 0.25) is 0 Å². The zero-order valence-electron chi connectivity index (χ0n) is 20.6. The van der Waals surface area contributed by atoms with Gasteiger partial charge in [-0.3, -0.25) is 0 Å². The summed E-state index contributed by atoms with van der Waals surface area (Å²) in [6.07, 6.45) is 9.17. The second kappa shape index (κ2) is 13.8. The number of nitrogens with zero attached hydrogens (tertiary/aromatic N) is 1. The van der Waals surface area contributed by atoms with Crippen LogP contribution in [0.3, 0.4) is 0 Å². The van der Waals surface area contributed by atoms with E-state index in [2.05, 4.69) is 29.8 Å². The van der Waals surface area contributed by atoms with E-state index < -0.39 is 0 Å². The predicted octanol–water partition coefficient (Wildman–Crippen LogP) is 7.91. The molecule has 36 heavy (non-hydrogen) atoms. The van der Waals surface area contributed by atoms with Crippen molar-refractivity contribution >= 4 is 17.2 Å². The van der Waals surface area contributed by atoms with E-state index in [1.54, 1.807) is 0 Å². The maximum Gasteiger partial charge on any atom is 0.130 e. The molecule has 0 bridgehead atoms. The summed E-state index contributed by atoms with van der Waals surface area (Å²) in [5.74, 6) is 0.848. The van der Waals surface area contributed by atoms with Crippen LogP contribution in [-0.2, 0) is 17.8 Å². The van der Waals surface area contributed by atoms with Crippen LogP contribution in [0.4, 0.5) is 4.39 Å². The van der Waals surface area contributed by atoms with Crippen molar-refractivity contribution < 1.29 is 19.0 Å². The van der Waals surface area contributed by atoms with Gasteiger partial charge in [-0.1, -0.05) is 66.8 Å². The summed E-state index contributed by atoms with van der Waals surface area (Å²) in [7, 11) is 0. The van der Waals surface area contributed by atoms with Crippen molar-refractivity contribution in [3.05, 3.63) is 119 Å². The largest absolute Gasteiger partial charge is 0.513 e. The Kier molecular flexibility index (Phi) is 10.2. The van der Waals surface area contributed by atoms with Gasteiger partial charge in [-0.25, -0.2) is 9.37 Å². The highest BCUT2D eigenvalue weighted by atomic mass is 19.1. The van der Waals surface area contributed by atoms with Gasteiger partial charge in [-0.2, -0.15) is 0 Å². The lowest BCUT2D eigenvalue weighted by atomic mass is 10.0. The molecule has 0 unspecified atom stereocenters. The molecule has 1 aliphatic carbocycles. The van der Waals surface area contributed by atoms with Crippen LogP contribution in [0.15, 0.2) is 108 Å². The number of aliphatic hydroxyl groups excluding tert-OH is 1. The van der Waals surface area contributed by atoms with Crippen LogP contribution in [-0.4, -0.2) is 16.4 Å². The number of hydrogen-bond acceptors (Lipinski definition) is 4. The topological polar surface area (TPSA) is 59.4 Å². The third kappa shape index (κ3) is 8.66. The molecule has 0 aliphatic heterocycles. The minimum atomic E-state index is -0.0344. The number of allylic oxidation sites excluding steroid dienone is 7. The lowest BCUT2D eigenvalue weighted by molar-refractivity contribution is -0.107. The second-order valence-corrected chi connectivity index (χ2v) is 8.62. The van der Waals surface area contributed by atoms with Gasteiger partial charge in [0, 0.05) is 24.6 Å². The van der Waals surface area contributed by atoms with E-state index >= 15 is 0 Å². The van der Waals surface area contributed by atoms with E-state index in [0.29, 0.717) is 32.3 Å². The summed E-state index contributed by atoms with van der Waals surface area (Å²) in [4.78, 5) is 14.2. The van der Waals surface area contributed by atoms with E-state index in [4.69, 9.17) is 9.84 Å². The molecule has 0 saturated heterocycles. The zero-order valence-corrected chi connectivity index (χ0v) is 20.6. The molecular weight excluding hydrogens is 453 g/mol. The average Bonchev–Trinajstić information content (AvgIpc) is 3.05. The molecule has 0 atom stereocenters. The van der Waals surface area contributed by atoms with Gasteiger partial charge >= 0.3 is 0 Å². The number of carbonyl (C=O) groups excluding carboxylic acids is 1. The van der Waals surface area contributed by atoms with Gasteiger partial charge in [0.05, 0.1) is 17.0 Å². The maximum absolute atomic E-state index is 14.2. The standard InChI is InChI=1S/C26H24FNO.C5H8O2/c1-19-9-12-21(25(27)16-10-19)13-11-20-5-4-7-24(17-20)29-18-23-15-14-22-6-2-3-8-26(22)28-23;1-5(7)3-2-4-6/h2-10,12,14-15,17H,11,13,16,18H2,1H3;4,7H,1-3H2. The number of aliphatic hydroxyl groups is 1. The van der Waals surface area contributed by atoms with Crippen LogP contribution in [0, 0.1) is 0 Å². The molecule has 0 fully saturated rings. The van der Waals surface area contributed by atoms with E-state index in [1.807, 2.05) is 67.6 Å². The molecule has 5 heteroatoms. The Morgan fingerprint density at radius 3 is 2.72 bits per heavy atom. The van der Waals surface area contributed by atoms with Gasteiger partial charge < -0.3 is 14.6 Å². The third-order valence-corrected chi connectivity index (χ3v) is 5.67. The Morgan fingerprint density at radius 2 is 1.94 bits per heavy atom. The van der Waals surface area contributed by atoms with Crippen molar-refractivity contribution in [2.24, 2.45) is 0 Å². The molecule has 0 spiro atoms. The highest BCUT2D eigenvalue weighted by Gasteiger charge is 2.07. The van der Waals surface area contributed by atoms with Crippen LogP contribution in [0.5, 0.6) is 5.75 Å². The summed E-state index contributed by atoms with van der Waals surface area (Å²) in [5.41, 5.74) is 4.89. The first-order valence-electron chi connectivity index (χ1n) is 12.0. The zero-order chi connectivity index (χ0) is 25.8. The first-order valence-corrected chi connectivity index (χ1v) is 12.0. The number of rotatable bonds is 9. The molecule has 186 valence electrons. The van der Waals surface area contributed by atoms with Gasteiger partial charge in [0.1, 0.15) is 24.5 Å². The molecule has 0 radical (unpaired) electrons. The van der Waals surface area contributed by atoms with Crippen LogP contribution in [0.2, 0.25) is 0 Å². The number of para-hydroxylation sites is 1. The van der Waals surface area contributed by atoms with Crippen LogP contribution >= 0.6 is 0 Å². The summed E-state index contributed by atoms with van der Waals surface area (Å²) in [5, 5.41) is 9.45. The molecule has 1 heterocycles. The lowest BCUT2D eigenvalue weighted by Gasteiger charge is -2.09. The second-order valence-electron chi connectivity index (χ2n) is 8.62. The smallest absolute Gasteiger partial charge is 0.130 e. The normalized spacial score (nSPS) is 12.9. The van der Waals surface area contributed by atoms with E-state index in [9.17, 15) is 9.18 Å². The number of benzene rings is 2. The molecule has 1 aromatic heterocycles. The monoisotopic (exact) mass is 485 g/mol. The Labute approximate surface area is 212 Å².